The Hall–Kier alpha value is -1.06. The number of guanidine groups is 1. The molecule has 1 aliphatic heterocycles. The Labute approximate surface area is 177 Å². The molecule has 1 amide bonds. The molecule has 8 heteroatoms. The third-order valence-electron chi connectivity index (χ3n) is 4.07. The molecular formula is C18H28ClIN4O2. The van der Waals surface area contributed by atoms with Crippen molar-refractivity contribution in [2.45, 2.75) is 32.4 Å². The van der Waals surface area contributed by atoms with Crippen molar-refractivity contribution >= 4 is 47.4 Å². The maximum Gasteiger partial charge on any atom is 0.241 e. The van der Waals surface area contributed by atoms with Gasteiger partial charge in [-0.15, -0.1) is 24.0 Å². The zero-order chi connectivity index (χ0) is 18.2. The lowest BCUT2D eigenvalue weighted by atomic mass is 10.1. The van der Waals surface area contributed by atoms with Gasteiger partial charge in [-0.3, -0.25) is 4.79 Å². The van der Waals surface area contributed by atoms with Crippen molar-refractivity contribution in [2.75, 3.05) is 33.8 Å². The van der Waals surface area contributed by atoms with Gasteiger partial charge in [0, 0.05) is 32.3 Å². The summed E-state index contributed by atoms with van der Waals surface area (Å²) in [6, 6.07) is 5.86. The third-order valence-corrected chi connectivity index (χ3v) is 4.49. The maximum absolute atomic E-state index is 11.8. The first-order valence-corrected chi connectivity index (χ1v) is 8.92. The first-order valence-electron chi connectivity index (χ1n) is 8.54. The number of rotatable bonds is 6. The van der Waals surface area contributed by atoms with Gasteiger partial charge in [0.25, 0.3) is 0 Å². The topological polar surface area (TPSA) is 66.0 Å². The summed E-state index contributed by atoms with van der Waals surface area (Å²) < 4.78 is 5.62. The molecule has 1 aromatic carbocycles. The van der Waals surface area contributed by atoms with Crippen LogP contribution in [0.5, 0.6) is 0 Å². The van der Waals surface area contributed by atoms with E-state index in [1.54, 1.807) is 19.0 Å². The zero-order valence-corrected chi connectivity index (χ0v) is 18.6. The van der Waals surface area contributed by atoms with E-state index in [2.05, 4.69) is 15.6 Å². The van der Waals surface area contributed by atoms with Gasteiger partial charge in [-0.2, -0.15) is 0 Å². The number of aliphatic imine (C=N–C) groups is 1. The number of hydrogen-bond donors (Lipinski definition) is 2. The Bertz CT molecular complexity index is 619. The van der Waals surface area contributed by atoms with Crippen LogP contribution in [0.3, 0.4) is 0 Å². The van der Waals surface area contributed by atoms with E-state index in [4.69, 9.17) is 16.3 Å². The lowest BCUT2D eigenvalue weighted by molar-refractivity contribution is -0.127. The van der Waals surface area contributed by atoms with Crippen LogP contribution in [0.15, 0.2) is 23.2 Å². The minimum Gasteiger partial charge on any atom is -0.376 e. The highest BCUT2D eigenvalue weighted by atomic mass is 127. The van der Waals surface area contributed by atoms with Gasteiger partial charge in [-0.1, -0.05) is 23.7 Å². The second kappa shape index (κ2) is 11.6. The summed E-state index contributed by atoms with van der Waals surface area (Å²) in [5.41, 5.74) is 2.10. The van der Waals surface area contributed by atoms with Crippen LogP contribution in [-0.2, 0) is 16.1 Å². The Morgan fingerprint density at radius 1 is 1.38 bits per heavy atom. The Balaban J connectivity index is 0.00000338. The van der Waals surface area contributed by atoms with Crippen LogP contribution in [0.4, 0.5) is 0 Å². The standard InChI is InChI=1S/C18H27ClN4O2.HI/c1-13-9-14(6-7-16(13)19)10-20-18(22-12-17(24)23(2)3)21-11-15-5-4-8-25-15;/h6-7,9,15H,4-5,8,10-12H2,1-3H3,(H2,20,21,22);1H. The average Bonchev–Trinajstić information content (AvgIpc) is 3.10. The van der Waals surface area contributed by atoms with Crippen molar-refractivity contribution in [2.24, 2.45) is 4.99 Å². The summed E-state index contributed by atoms with van der Waals surface area (Å²) in [7, 11) is 3.47. The molecule has 26 heavy (non-hydrogen) atoms. The molecule has 146 valence electrons. The molecule has 0 bridgehead atoms. The van der Waals surface area contributed by atoms with Gasteiger partial charge < -0.3 is 20.3 Å². The highest BCUT2D eigenvalue weighted by Gasteiger charge is 2.16. The predicted octanol–water partition coefficient (Wildman–Crippen LogP) is 2.57. The summed E-state index contributed by atoms with van der Waals surface area (Å²) in [4.78, 5) is 17.9. The van der Waals surface area contributed by atoms with Crippen LogP contribution in [0.1, 0.15) is 24.0 Å². The van der Waals surface area contributed by atoms with Crippen molar-refractivity contribution < 1.29 is 9.53 Å². The number of benzene rings is 1. The summed E-state index contributed by atoms with van der Waals surface area (Å²) in [6.45, 7) is 4.18. The van der Waals surface area contributed by atoms with Crippen LogP contribution in [0.2, 0.25) is 5.02 Å². The van der Waals surface area contributed by atoms with Crippen molar-refractivity contribution in [3.8, 4) is 0 Å². The molecule has 1 saturated heterocycles. The summed E-state index contributed by atoms with van der Waals surface area (Å²) >= 11 is 6.06. The zero-order valence-electron chi connectivity index (χ0n) is 15.5. The molecule has 1 atom stereocenters. The van der Waals surface area contributed by atoms with E-state index in [1.807, 2.05) is 25.1 Å². The van der Waals surface area contributed by atoms with Crippen LogP contribution in [-0.4, -0.2) is 56.7 Å². The van der Waals surface area contributed by atoms with Crippen molar-refractivity contribution in [3.63, 3.8) is 0 Å². The predicted molar refractivity (Wildman–Crippen MR) is 116 cm³/mol. The van der Waals surface area contributed by atoms with E-state index < -0.39 is 0 Å². The molecule has 6 nitrogen and oxygen atoms in total. The van der Waals surface area contributed by atoms with Crippen molar-refractivity contribution in [3.05, 3.63) is 34.3 Å². The lowest BCUT2D eigenvalue weighted by Crippen LogP contribution is -2.45. The summed E-state index contributed by atoms with van der Waals surface area (Å²) in [5.74, 6) is 0.604. The summed E-state index contributed by atoms with van der Waals surface area (Å²) in [6.07, 6.45) is 2.34. The number of carbonyl (C=O) groups excluding carboxylic acids is 1. The van der Waals surface area contributed by atoms with Crippen LogP contribution >= 0.6 is 35.6 Å². The smallest absolute Gasteiger partial charge is 0.241 e. The lowest BCUT2D eigenvalue weighted by Gasteiger charge is -2.17. The minimum atomic E-state index is -0.00560. The van der Waals surface area contributed by atoms with Crippen molar-refractivity contribution in [1.82, 2.24) is 15.5 Å². The minimum absolute atomic E-state index is 0. The number of halogens is 2. The highest BCUT2D eigenvalue weighted by molar-refractivity contribution is 14.0. The van der Waals surface area contributed by atoms with Crippen LogP contribution in [0, 0.1) is 6.92 Å². The molecule has 0 aliphatic carbocycles. The molecule has 1 unspecified atom stereocenters. The first kappa shape index (κ1) is 23.0. The van der Waals surface area contributed by atoms with E-state index in [0.717, 1.165) is 35.6 Å². The maximum atomic E-state index is 11.8. The van der Waals surface area contributed by atoms with Crippen molar-refractivity contribution in [1.29, 1.82) is 0 Å². The number of likely N-dealkylation sites (N-methyl/N-ethyl adjacent to an activating group) is 1. The first-order chi connectivity index (χ1) is 12.0. The SMILES string of the molecule is Cc1cc(CN=C(NCC(=O)N(C)C)NCC2CCCO2)ccc1Cl.I. The van der Waals surface area contributed by atoms with Gasteiger partial charge in [0.2, 0.25) is 5.91 Å². The van der Waals surface area contributed by atoms with E-state index in [-0.39, 0.29) is 42.5 Å². The average molecular weight is 495 g/mol. The molecule has 0 spiro atoms. The normalized spacial score (nSPS) is 16.8. The monoisotopic (exact) mass is 494 g/mol. The van der Waals surface area contributed by atoms with E-state index in [1.165, 1.54) is 0 Å². The molecule has 2 N–H and O–H groups in total. The number of nitrogens with zero attached hydrogens (tertiary/aromatic N) is 2. The number of hydrogen-bond acceptors (Lipinski definition) is 3. The molecule has 1 aliphatic rings. The quantitative estimate of drug-likeness (QED) is 0.362. The van der Waals surface area contributed by atoms with E-state index in [9.17, 15) is 4.79 Å². The molecule has 0 radical (unpaired) electrons. The fourth-order valence-corrected chi connectivity index (χ4v) is 2.60. The van der Waals surface area contributed by atoms with E-state index in [0.29, 0.717) is 19.0 Å². The molecule has 2 rings (SSSR count). The number of ether oxygens (including phenoxy) is 1. The van der Waals surface area contributed by atoms with Gasteiger partial charge in [0.15, 0.2) is 5.96 Å². The van der Waals surface area contributed by atoms with Gasteiger partial charge >= 0.3 is 0 Å². The number of aryl methyl sites for hydroxylation is 1. The second-order valence-corrected chi connectivity index (χ2v) is 6.81. The molecule has 1 fully saturated rings. The number of carbonyl (C=O) groups is 1. The van der Waals surface area contributed by atoms with Gasteiger partial charge in [-0.25, -0.2) is 4.99 Å². The Morgan fingerprint density at radius 3 is 2.77 bits per heavy atom. The summed E-state index contributed by atoms with van der Waals surface area (Å²) in [5, 5.41) is 7.11. The molecule has 1 heterocycles. The molecule has 0 saturated carbocycles. The molecule has 1 aromatic rings. The Kier molecular flexibility index (Phi) is 10.3. The van der Waals surface area contributed by atoms with Gasteiger partial charge in [0.05, 0.1) is 19.2 Å². The van der Waals surface area contributed by atoms with E-state index >= 15 is 0 Å². The van der Waals surface area contributed by atoms with Gasteiger partial charge in [0.1, 0.15) is 0 Å². The Morgan fingerprint density at radius 2 is 2.15 bits per heavy atom. The number of nitrogens with one attached hydrogen (secondary N) is 2. The fraction of sp³-hybridized carbons (Fsp3) is 0.556. The van der Waals surface area contributed by atoms with Gasteiger partial charge in [-0.05, 0) is 37.0 Å². The second-order valence-electron chi connectivity index (χ2n) is 6.41. The number of amides is 1. The highest BCUT2D eigenvalue weighted by Crippen LogP contribution is 2.16. The molecular weight excluding hydrogens is 467 g/mol. The van der Waals surface area contributed by atoms with Crippen LogP contribution < -0.4 is 10.6 Å². The largest absolute Gasteiger partial charge is 0.376 e. The third kappa shape index (κ3) is 7.67. The molecule has 0 aromatic heterocycles. The van der Waals surface area contributed by atoms with Crippen LogP contribution in [0.25, 0.3) is 0 Å². The fourth-order valence-electron chi connectivity index (χ4n) is 2.48.